The molecule has 0 aromatic heterocycles. The Morgan fingerprint density at radius 2 is 1.90 bits per heavy atom. The number of carbonyl (C=O) groups is 1. The molecule has 0 spiro atoms. The SMILES string of the molecule is CCCS(=O)(=O)N1CCN(C(=O)[C@@H](N)CCSC)CC1. The highest BCUT2D eigenvalue weighted by atomic mass is 32.2. The summed E-state index contributed by atoms with van der Waals surface area (Å²) in [6.45, 7) is 3.48. The first-order chi connectivity index (χ1) is 9.42. The number of piperazine rings is 1. The number of carbonyl (C=O) groups excluding carboxylic acids is 1. The van der Waals surface area contributed by atoms with Crippen molar-refractivity contribution in [1.29, 1.82) is 0 Å². The van der Waals surface area contributed by atoms with Crippen LogP contribution < -0.4 is 5.73 Å². The van der Waals surface area contributed by atoms with E-state index in [-0.39, 0.29) is 11.7 Å². The maximum absolute atomic E-state index is 12.1. The van der Waals surface area contributed by atoms with E-state index in [9.17, 15) is 13.2 Å². The van der Waals surface area contributed by atoms with Crippen molar-refractivity contribution in [2.24, 2.45) is 5.73 Å². The summed E-state index contributed by atoms with van der Waals surface area (Å²) in [5, 5.41) is 0. The van der Waals surface area contributed by atoms with Gasteiger partial charge in [-0.15, -0.1) is 0 Å². The molecule has 0 unspecified atom stereocenters. The van der Waals surface area contributed by atoms with Crippen LogP contribution >= 0.6 is 11.8 Å². The first kappa shape index (κ1) is 17.7. The molecule has 0 aliphatic carbocycles. The van der Waals surface area contributed by atoms with E-state index in [4.69, 9.17) is 5.73 Å². The van der Waals surface area contributed by atoms with Gasteiger partial charge in [0.25, 0.3) is 0 Å². The van der Waals surface area contributed by atoms with Crippen LogP contribution in [-0.4, -0.2) is 73.5 Å². The van der Waals surface area contributed by atoms with Gasteiger partial charge in [-0.25, -0.2) is 8.42 Å². The van der Waals surface area contributed by atoms with Crippen molar-refractivity contribution in [3.8, 4) is 0 Å². The number of sulfonamides is 1. The molecule has 118 valence electrons. The van der Waals surface area contributed by atoms with Crippen molar-refractivity contribution >= 4 is 27.7 Å². The molecule has 20 heavy (non-hydrogen) atoms. The Balaban J connectivity index is 2.48. The monoisotopic (exact) mass is 323 g/mol. The second-order valence-corrected chi connectivity index (χ2v) is 8.00. The van der Waals surface area contributed by atoms with Gasteiger partial charge >= 0.3 is 0 Å². The summed E-state index contributed by atoms with van der Waals surface area (Å²) in [7, 11) is -3.16. The molecule has 6 nitrogen and oxygen atoms in total. The van der Waals surface area contributed by atoms with E-state index >= 15 is 0 Å². The normalized spacial score (nSPS) is 19.1. The van der Waals surface area contributed by atoms with E-state index < -0.39 is 16.1 Å². The topological polar surface area (TPSA) is 83.7 Å². The van der Waals surface area contributed by atoms with Crippen molar-refractivity contribution < 1.29 is 13.2 Å². The smallest absolute Gasteiger partial charge is 0.239 e. The van der Waals surface area contributed by atoms with Gasteiger partial charge in [0.2, 0.25) is 15.9 Å². The van der Waals surface area contributed by atoms with Gasteiger partial charge in [-0.3, -0.25) is 4.79 Å². The second-order valence-electron chi connectivity index (χ2n) is 4.93. The van der Waals surface area contributed by atoms with E-state index in [0.717, 1.165) is 5.75 Å². The van der Waals surface area contributed by atoms with Gasteiger partial charge in [0.05, 0.1) is 11.8 Å². The molecule has 1 aliphatic rings. The first-order valence-corrected chi connectivity index (χ1v) is 9.93. The van der Waals surface area contributed by atoms with Crippen molar-refractivity contribution in [2.45, 2.75) is 25.8 Å². The summed E-state index contributed by atoms with van der Waals surface area (Å²) in [6.07, 6.45) is 3.25. The number of thioether (sulfide) groups is 1. The highest BCUT2D eigenvalue weighted by molar-refractivity contribution is 7.98. The molecule has 1 heterocycles. The largest absolute Gasteiger partial charge is 0.339 e. The van der Waals surface area contributed by atoms with E-state index in [1.165, 1.54) is 4.31 Å². The standard InChI is InChI=1S/C12H25N3O3S2/c1-3-10-20(17,18)15-7-5-14(6-8-15)12(16)11(13)4-9-19-2/h11H,3-10,13H2,1-2H3/t11-/m0/s1. The summed E-state index contributed by atoms with van der Waals surface area (Å²) >= 11 is 1.66. The van der Waals surface area contributed by atoms with Crippen LogP contribution in [0.15, 0.2) is 0 Å². The average molecular weight is 323 g/mol. The third-order valence-electron chi connectivity index (χ3n) is 3.36. The van der Waals surface area contributed by atoms with Crippen LogP contribution in [0, 0.1) is 0 Å². The van der Waals surface area contributed by atoms with Gasteiger partial charge in [0, 0.05) is 26.2 Å². The second kappa shape index (κ2) is 8.21. The van der Waals surface area contributed by atoms with Crippen molar-refractivity contribution in [3.63, 3.8) is 0 Å². The quantitative estimate of drug-likeness (QED) is 0.710. The molecule has 0 saturated carbocycles. The number of nitrogens with zero attached hydrogens (tertiary/aromatic N) is 2. The summed E-state index contributed by atoms with van der Waals surface area (Å²) in [4.78, 5) is 13.8. The molecule has 0 radical (unpaired) electrons. The summed E-state index contributed by atoms with van der Waals surface area (Å²) < 4.78 is 25.3. The fourth-order valence-corrected chi connectivity index (χ4v) is 4.16. The van der Waals surface area contributed by atoms with Gasteiger partial charge in [-0.1, -0.05) is 6.92 Å². The molecule has 0 aromatic rings. The van der Waals surface area contributed by atoms with Crippen LogP contribution in [0.3, 0.4) is 0 Å². The van der Waals surface area contributed by atoms with Gasteiger partial charge in [0.1, 0.15) is 0 Å². The summed E-state index contributed by atoms with van der Waals surface area (Å²) in [5.41, 5.74) is 5.87. The fraction of sp³-hybridized carbons (Fsp3) is 0.917. The molecule has 1 amide bonds. The van der Waals surface area contributed by atoms with Crippen LogP contribution in [0.5, 0.6) is 0 Å². The maximum atomic E-state index is 12.1. The predicted octanol–water partition coefficient (Wildman–Crippen LogP) is -0.0492. The van der Waals surface area contributed by atoms with Crippen molar-refractivity contribution in [2.75, 3.05) is 43.9 Å². The third-order valence-corrected chi connectivity index (χ3v) is 6.08. The Hall–Kier alpha value is -0.310. The average Bonchev–Trinajstić information content (AvgIpc) is 2.44. The zero-order chi connectivity index (χ0) is 15.2. The number of hydrogen-bond acceptors (Lipinski definition) is 5. The van der Waals surface area contributed by atoms with Crippen molar-refractivity contribution in [3.05, 3.63) is 0 Å². The number of nitrogens with two attached hydrogens (primary N) is 1. The zero-order valence-corrected chi connectivity index (χ0v) is 13.9. The van der Waals surface area contributed by atoms with Gasteiger partial charge in [0.15, 0.2) is 0 Å². The number of amides is 1. The highest BCUT2D eigenvalue weighted by Crippen LogP contribution is 2.11. The molecule has 8 heteroatoms. The van der Waals surface area contributed by atoms with E-state index in [1.54, 1.807) is 16.7 Å². The molecule has 0 bridgehead atoms. The Morgan fingerprint density at radius 3 is 2.40 bits per heavy atom. The van der Waals surface area contributed by atoms with E-state index in [0.29, 0.717) is 39.0 Å². The summed E-state index contributed by atoms with van der Waals surface area (Å²) in [5.74, 6) is 0.970. The Bertz CT molecular complexity index is 406. The lowest BCUT2D eigenvalue weighted by Crippen LogP contribution is -2.54. The Morgan fingerprint density at radius 1 is 1.30 bits per heavy atom. The minimum Gasteiger partial charge on any atom is -0.339 e. The molecular formula is C12H25N3O3S2. The predicted molar refractivity (Wildman–Crippen MR) is 83.2 cm³/mol. The lowest BCUT2D eigenvalue weighted by molar-refractivity contribution is -0.133. The lowest BCUT2D eigenvalue weighted by atomic mass is 10.2. The maximum Gasteiger partial charge on any atom is 0.239 e. The lowest BCUT2D eigenvalue weighted by Gasteiger charge is -2.35. The molecule has 0 aromatic carbocycles. The van der Waals surface area contributed by atoms with Crippen LogP contribution in [0.4, 0.5) is 0 Å². The molecule has 1 saturated heterocycles. The van der Waals surface area contributed by atoms with Crippen molar-refractivity contribution in [1.82, 2.24) is 9.21 Å². The van der Waals surface area contributed by atoms with Crippen LogP contribution in [0.1, 0.15) is 19.8 Å². The highest BCUT2D eigenvalue weighted by Gasteiger charge is 2.29. The first-order valence-electron chi connectivity index (χ1n) is 6.93. The minimum atomic E-state index is -3.16. The molecular weight excluding hydrogens is 298 g/mol. The van der Waals surface area contributed by atoms with E-state index in [1.807, 2.05) is 13.2 Å². The zero-order valence-electron chi connectivity index (χ0n) is 12.2. The van der Waals surface area contributed by atoms with Crippen LogP contribution in [-0.2, 0) is 14.8 Å². The van der Waals surface area contributed by atoms with Gasteiger partial charge in [-0.2, -0.15) is 16.1 Å². The number of rotatable bonds is 7. The summed E-state index contributed by atoms with van der Waals surface area (Å²) in [6, 6.07) is -0.471. The molecule has 2 N–H and O–H groups in total. The molecule has 1 fully saturated rings. The molecule has 1 rings (SSSR count). The van der Waals surface area contributed by atoms with Gasteiger partial charge < -0.3 is 10.6 Å². The Kier molecular flexibility index (Phi) is 7.28. The molecule has 1 atom stereocenters. The van der Waals surface area contributed by atoms with E-state index in [2.05, 4.69) is 0 Å². The van der Waals surface area contributed by atoms with Gasteiger partial charge in [-0.05, 0) is 24.9 Å². The third kappa shape index (κ3) is 4.91. The van der Waals surface area contributed by atoms with Crippen LogP contribution in [0.2, 0.25) is 0 Å². The minimum absolute atomic E-state index is 0.0633. The number of hydrogen-bond donors (Lipinski definition) is 1. The van der Waals surface area contributed by atoms with Crippen LogP contribution in [0.25, 0.3) is 0 Å². The Labute approximate surface area is 126 Å². The molecule has 1 aliphatic heterocycles. The fourth-order valence-electron chi connectivity index (χ4n) is 2.18.